The van der Waals surface area contributed by atoms with Crippen LogP contribution in [0.4, 0.5) is 0 Å². The third-order valence-electron chi connectivity index (χ3n) is 2.42. The van der Waals surface area contributed by atoms with Crippen LogP contribution in [0.15, 0.2) is 23.1 Å². The average molecular weight is 255 g/mol. The lowest BCUT2D eigenvalue weighted by Gasteiger charge is -2.12. The lowest BCUT2D eigenvalue weighted by atomic mass is 10.1. The molecule has 1 unspecified atom stereocenters. The van der Waals surface area contributed by atoms with Gasteiger partial charge in [0.15, 0.2) is 0 Å². The summed E-state index contributed by atoms with van der Waals surface area (Å²) in [5.74, 6) is 0.526. The molecule has 3 nitrogen and oxygen atoms in total. The lowest BCUT2D eigenvalue weighted by molar-refractivity contribution is 0.113. The maximum atomic E-state index is 9.35. The first-order valence-corrected chi connectivity index (χ1v) is 6.88. The highest BCUT2D eigenvalue weighted by Gasteiger charge is 2.07. The van der Waals surface area contributed by atoms with Crippen molar-refractivity contribution in [3.05, 3.63) is 29.3 Å². The summed E-state index contributed by atoms with van der Waals surface area (Å²) in [6, 6.07) is 6.32. The fourth-order valence-electron chi connectivity index (χ4n) is 1.49. The van der Waals surface area contributed by atoms with Gasteiger partial charge in [0.2, 0.25) is 0 Å². The van der Waals surface area contributed by atoms with Gasteiger partial charge in [-0.1, -0.05) is 24.6 Å². The fraction of sp³-hybridized carbons (Fsp3) is 0.538. The minimum atomic E-state index is -0.645. The lowest BCUT2D eigenvalue weighted by Crippen LogP contribution is -2.15. The quantitative estimate of drug-likeness (QED) is 0.647. The van der Waals surface area contributed by atoms with E-state index in [9.17, 15) is 5.11 Å². The number of rotatable bonds is 7. The van der Waals surface area contributed by atoms with Gasteiger partial charge in [-0.05, 0) is 25.1 Å². The normalized spacial score (nSPS) is 12.7. The predicted octanol–water partition coefficient (Wildman–Crippen LogP) is 1.55. The molecule has 0 saturated carbocycles. The Morgan fingerprint density at radius 2 is 2.18 bits per heavy atom. The summed E-state index contributed by atoms with van der Waals surface area (Å²) in [4.78, 5) is 1.17. The molecule has 0 aliphatic carbocycles. The van der Waals surface area contributed by atoms with E-state index in [0.29, 0.717) is 5.75 Å². The monoisotopic (exact) mass is 255 g/mol. The number of aliphatic hydroxyl groups excluding tert-OH is 2. The summed E-state index contributed by atoms with van der Waals surface area (Å²) in [5, 5.41) is 21.5. The Labute approximate surface area is 107 Å². The molecule has 17 heavy (non-hydrogen) atoms. The second-order valence-corrected chi connectivity index (χ2v) is 5.10. The van der Waals surface area contributed by atoms with Crippen LogP contribution in [0.5, 0.6) is 0 Å². The number of hydrogen-bond donors (Lipinski definition) is 3. The van der Waals surface area contributed by atoms with E-state index >= 15 is 0 Å². The molecule has 0 aliphatic heterocycles. The largest absolute Gasteiger partial charge is 0.394 e. The Hall–Kier alpha value is -0.550. The number of thioether (sulfide) groups is 1. The minimum absolute atomic E-state index is 0.179. The molecule has 0 aliphatic rings. The van der Waals surface area contributed by atoms with Crippen LogP contribution in [0.25, 0.3) is 0 Å². The molecule has 0 heterocycles. The van der Waals surface area contributed by atoms with E-state index < -0.39 is 6.10 Å². The van der Waals surface area contributed by atoms with Crippen LogP contribution < -0.4 is 5.32 Å². The van der Waals surface area contributed by atoms with E-state index in [0.717, 1.165) is 13.1 Å². The van der Waals surface area contributed by atoms with E-state index in [1.807, 2.05) is 0 Å². The zero-order valence-electron chi connectivity index (χ0n) is 10.4. The van der Waals surface area contributed by atoms with Crippen molar-refractivity contribution in [2.24, 2.45) is 0 Å². The van der Waals surface area contributed by atoms with Crippen LogP contribution in [0, 0.1) is 6.92 Å². The van der Waals surface area contributed by atoms with E-state index in [1.54, 1.807) is 11.8 Å². The molecule has 0 radical (unpaired) electrons. The summed E-state index contributed by atoms with van der Waals surface area (Å²) in [7, 11) is 0. The molecule has 4 heteroatoms. The van der Waals surface area contributed by atoms with Gasteiger partial charge < -0.3 is 15.5 Å². The van der Waals surface area contributed by atoms with Crippen molar-refractivity contribution in [1.29, 1.82) is 0 Å². The molecule has 1 rings (SSSR count). The first-order valence-electron chi connectivity index (χ1n) is 5.89. The number of nitrogens with one attached hydrogen (secondary N) is 1. The van der Waals surface area contributed by atoms with Gasteiger partial charge in [-0.2, -0.15) is 0 Å². The van der Waals surface area contributed by atoms with Crippen LogP contribution in [0.3, 0.4) is 0 Å². The van der Waals surface area contributed by atoms with Gasteiger partial charge in [0.1, 0.15) is 0 Å². The Kier molecular flexibility index (Phi) is 6.58. The van der Waals surface area contributed by atoms with Crippen molar-refractivity contribution in [3.8, 4) is 0 Å². The number of hydrogen-bond acceptors (Lipinski definition) is 4. The molecular weight excluding hydrogens is 234 g/mol. The highest BCUT2D eigenvalue weighted by atomic mass is 32.2. The van der Waals surface area contributed by atoms with Crippen molar-refractivity contribution in [1.82, 2.24) is 5.32 Å². The second-order valence-electron chi connectivity index (χ2n) is 4.04. The Morgan fingerprint density at radius 3 is 2.82 bits per heavy atom. The third kappa shape index (κ3) is 5.08. The second kappa shape index (κ2) is 7.71. The molecule has 0 amide bonds. The maximum Gasteiger partial charge on any atom is 0.0864 e. The summed E-state index contributed by atoms with van der Waals surface area (Å²) in [6.07, 6.45) is -0.645. The molecule has 0 bridgehead atoms. The molecule has 96 valence electrons. The average Bonchev–Trinajstić information content (AvgIpc) is 2.34. The minimum Gasteiger partial charge on any atom is -0.394 e. The highest BCUT2D eigenvalue weighted by molar-refractivity contribution is 7.99. The molecule has 1 aromatic carbocycles. The number of aryl methyl sites for hydroxylation is 1. The van der Waals surface area contributed by atoms with Gasteiger partial charge >= 0.3 is 0 Å². The molecule has 1 atom stereocenters. The summed E-state index contributed by atoms with van der Waals surface area (Å²) in [5.41, 5.74) is 2.49. The van der Waals surface area contributed by atoms with Crippen molar-refractivity contribution >= 4 is 11.8 Å². The van der Waals surface area contributed by atoms with Gasteiger partial charge in [0, 0.05) is 17.2 Å². The fourth-order valence-corrected chi connectivity index (χ4v) is 2.44. The van der Waals surface area contributed by atoms with E-state index in [2.05, 4.69) is 37.4 Å². The van der Waals surface area contributed by atoms with Crippen LogP contribution >= 0.6 is 11.8 Å². The van der Waals surface area contributed by atoms with Crippen LogP contribution in [-0.4, -0.2) is 35.2 Å². The van der Waals surface area contributed by atoms with Crippen molar-refractivity contribution < 1.29 is 10.2 Å². The zero-order valence-corrected chi connectivity index (χ0v) is 11.3. The highest BCUT2D eigenvalue weighted by Crippen LogP contribution is 2.24. The van der Waals surface area contributed by atoms with Crippen LogP contribution in [-0.2, 0) is 6.54 Å². The van der Waals surface area contributed by atoms with Gasteiger partial charge in [-0.15, -0.1) is 11.8 Å². The third-order valence-corrected chi connectivity index (χ3v) is 3.68. The zero-order chi connectivity index (χ0) is 12.7. The smallest absolute Gasteiger partial charge is 0.0864 e. The predicted molar refractivity (Wildman–Crippen MR) is 72.4 cm³/mol. The molecule has 3 N–H and O–H groups in total. The number of benzene rings is 1. The van der Waals surface area contributed by atoms with Crippen molar-refractivity contribution in [2.75, 3.05) is 18.9 Å². The van der Waals surface area contributed by atoms with Gasteiger partial charge in [-0.3, -0.25) is 0 Å². The maximum absolute atomic E-state index is 9.35. The molecule has 0 spiro atoms. The topological polar surface area (TPSA) is 52.5 Å². The Bertz CT molecular complexity index is 344. The summed E-state index contributed by atoms with van der Waals surface area (Å²) >= 11 is 1.59. The molecule has 1 aromatic rings. The summed E-state index contributed by atoms with van der Waals surface area (Å²) < 4.78 is 0. The molecule has 0 aromatic heterocycles. The van der Waals surface area contributed by atoms with Gasteiger partial charge in [0.25, 0.3) is 0 Å². The van der Waals surface area contributed by atoms with Crippen molar-refractivity contribution in [2.45, 2.75) is 31.4 Å². The van der Waals surface area contributed by atoms with E-state index in [1.165, 1.54) is 16.0 Å². The van der Waals surface area contributed by atoms with Crippen LogP contribution in [0.2, 0.25) is 0 Å². The molecular formula is C13H21NO2S. The van der Waals surface area contributed by atoms with Gasteiger partial charge in [-0.25, -0.2) is 0 Å². The SMILES string of the molecule is CCNCc1cc(C)ccc1SCC(O)CO. The standard InChI is InChI=1S/C13H21NO2S/c1-3-14-7-11-6-10(2)4-5-13(11)17-9-12(16)8-15/h4-6,12,14-16H,3,7-9H2,1-2H3. The molecule has 0 fully saturated rings. The van der Waals surface area contributed by atoms with E-state index in [-0.39, 0.29) is 6.61 Å². The first-order chi connectivity index (χ1) is 8.17. The van der Waals surface area contributed by atoms with Crippen molar-refractivity contribution in [3.63, 3.8) is 0 Å². The molecule has 0 saturated heterocycles. The Balaban J connectivity index is 2.68. The van der Waals surface area contributed by atoms with E-state index in [4.69, 9.17) is 5.11 Å². The first kappa shape index (κ1) is 14.5. The Morgan fingerprint density at radius 1 is 1.41 bits per heavy atom. The summed E-state index contributed by atoms with van der Waals surface area (Å²) in [6.45, 7) is 5.76. The number of aliphatic hydroxyl groups is 2. The van der Waals surface area contributed by atoms with Gasteiger partial charge in [0.05, 0.1) is 12.7 Å². The van der Waals surface area contributed by atoms with Crippen LogP contribution in [0.1, 0.15) is 18.1 Å².